The molecule has 2 aromatic carbocycles. The molecule has 0 aliphatic rings. The van der Waals surface area contributed by atoms with Gasteiger partial charge in [0.05, 0.1) is 10.2 Å². The third-order valence-corrected chi connectivity index (χ3v) is 3.68. The topological polar surface area (TPSA) is 12.9 Å². The summed E-state index contributed by atoms with van der Waals surface area (Å²) in [5, 5.41) is 1.10. The van der Waals surface area contributed by atoms with Crippen LogP contribution in [0.4, 0.5) is 0 Å². The Morgan fingerprint density at radius 2 is 1.69 bits per heavy atom. The summed E-state index contributed by atoms with van der Waals surface area (Å²) in [6.45, 7) is 0. The van der Waals surface area contributed by atoms with Crippen molar-refractivity contribution in [3.8, 4) is 10.6 Å². The standard InChI is InChI=1S/C13H10BNS/c14-10-7-5-9(6-8-10)13-15-11-3-1-2-4-12(11)16-13/h1-8H,14H2. The fourth-order valence-electron chi connectivity index (χ4n) is 1.69. The fourth-order valence-corrected chi connectivity index (χ4v) is 2.66. The van der Waals surface area contributed by atoms with Crippen LogP contribution < -0.4 is 5.46 Å². The Bertz CT molecular complexity index is 595. The number of fused-ring (bicyclic) bond motifs is 1. The van der Waals surface area contributed by atoms with Crippen molar-refractivity contribution in [1.29, 1.82) is 0 Å². The van der Waals surface area contributed by atoms with Crippen molar-refractivity contribution in [2.24, 2.45) is 0 Å². The van der Waals surface area contributed by atoms with Gasteiger partial charge in [-0.25, -0.2) is 4.98 Å². The second-order valence-corrected chi connectivity index (χ2v) is 4.88. The maximum absolute atomic E-state index is 4.63. The molecule has 0 fully saturated rings. The van der Waals surface area contributed by atoms with Crippen LogP contribution >= 0.6 is 11.3 Å². The average Bonchev–Trinajstić information content (AvgIpc) is 2.73. The number of rotatable bonds is 1. The minimum atomic E-state index is 1.09. The van der Waals surface area contributed by atoms with Crippen molar-refractivity contribution < 1.29 is 0 Å². The van der Waals surface area contributed by atoms with Crippen molar-refractivity contribution >= 4 is 34.9 Å². The van der Waals surface area contributed by atoms with E-state index in [-0.39, 0.29) is 0 Å². The maximum atomic E-state index is 4.63. The zero-order valence-electron chi connectivity index (χ0n) is 8.97. The summed E-state index contributed by atoms with van der Waals surface area (Å²) in [6, 6.07) is 16.8. The van der Waals surface area contributed by atoms with Gasteiger partial charge < -0.3 is 0 Å². The Balaban J connectivity index is 2.15. The summed E-state index contributed by atoms with van der Waals surface area (Å²) < 4.78 is 1.25. The van der Waals surface area contributed by atoms with Gasteiger partial charge in [0.2, 0.25) is 0 Å². The third-order valence-electron chi connectivity index (χ3n) is 2.59. The molecule has 1 nitrogen and oxygen atoms in total. The van der Waals surface area contributed by atoms with Crippen LogP contribution in [0.3, 0.4) is 0 Å². The monoisotopic (exact) mass is 223 g/mol. The molecule has 0 unspecified atom stereocenters. The molecule has 0 amide bonds. The molecular weight excluding hydrogens is 213 g/mol. The van der Waals surface area contributed by atoms with Gasteiger partial charge in [0.25, 0.3) is 0 Å². The normalized spacial score (nSPS) is 10.8. The molecule has 3 rings (SSSR count). The SMILES string of the molecule is Bc1ccc(-c2nc3ccccc3s2)cc1. The Labute approximate surface area is 99.2 Å². The molecule has 1 heterocycles. The van der Waals surface area contributed by atoms with Crippen molar-refractivity contribution in [1.82, 2.24) is 4.98 Å². The highest BCUT2D eigenvalue weighted by molar-refractivity contribution is 7.21. The van der Waals surface area contributed by atoms with Crippen molar-refractivity contribution in [3.05, 3.63) is 48.5 Å². The van der Waals surface area contributed by atoms with Crippen LogP contribution in [0, 0.1) is 0 Å². The van der Waals surface area contributed by atoms with Crippen LogP contribution in [0.25, 0.3) is 20.8 Å². The summed E-state index contributed by atoms with van der Waals surface area (Å²) in [4.78, 5) is 4.63. The van der Waals surface area contributed by atoms with Gasteiger partial charge in [-0.3, -0.25) is 0 Å². The zero-order chi connectivity index (χ0) is 11.0. The minimum absolute atomic E-state index is 1.09. The lowest BCUT2D eigenvalue weighted by molar-refractivity contribution is 1.48. The molecule has 3 aromatic rings. The lowest BCUT2D eigenvalue weighted by Gasteiger charge is -1.95. The van der Waals surface area contributed by atoms with Gasteiger partial charge in [-0.15, -0.1) is 11.3 Å². The molecule has 0 aliphatic heterocycles. The molecule has 0 saturated heterocycles. The minimum Gasteiger partial charge on any atom is -0.236 e. The molecule has 0 aliphatic carbocycles. The van der Waals surface area contributed by atoms with Crippen LogP contribution in [-0.4, -0.2) is 12.8 Å². The first-order valence-electron chi connectivity index (χ1n) is 5.25. The van der Waals surface area contributed by atoms with E-state index in [2.05, 4.69) is 55.3 Å². The first kappa shape index (κ1) is 9.61. The van der Waals surface area contributed by atoms with Crippen molar-refractivity contribution in [2.75, 3.05) is 0 Å². The molecule has 0 saturated carbocycles. The van der Waals surface area contributed by atoms with Gasteiger partial charge >= 0.3 is 0 Å². The summed E-state index contributed by atoms with van der Waals surface area (Å²) in [7, 11) is 2.10. The van der Waals surface area contributed by atoms with Crippen molar-refractivity contribution in [2.45, 2.75) is 0 Å². The van der Waals surface area contributed by atoms with E-state index in [0.717, 1.165) is 10.5 Å². The molecule has 76 valence electrons. The van der Waals surface area contributed by atoms with Gasteiger partial charge in [-0.2, -0.15) is 0 Å². The van der Waals surface area contributed by atoms with Crippen LogP contribution in [0.2, 0.25) is 0 Å². The van der Waals surface area contributed by atoms with Gasteiger partial charge in [-0.1, -0.05) is 41.9 Å². The molecular formula is C13H10BNS. The fraction of sp³-hybridized carbons (Fsp3) is 0. The second kappa shape index (κ2) is 3.76. The van der Waals surface area contributed by atoms with Crippen LogP contribution in [0.1, 0.15) is 0 Å². The van der Waals surface area contributed by atoms with E-state index < -0.39 is 0 Å². The molecule has 0 spiro atoms. The largest absolute Gasteiger partial charge is 0.236 e. The van der Waals surface area contributed by atoms with Crippen LogP contribution in [0.15, 0.2) is 48.5 Å². The molecule has 3 heteroatoms. The van der Waals surface area contributed by atoms with Crippen LogP contribution in [0.5, 0.6) is 0 Å². The summed E-state index contributed by atoms with van der Waals surface area (Å²) >= 11 is 1.75. The average molecular weight is 223 g/mol. The summed E-state index contributed by atoms with van der Waals surface area (Å²) in [5.41, 5.74) is 3.57. The Morgan fingerprint density at radius 3 is 2.44 bits per heavy atom. The van der Waals surface area contributed by atoms with E-state index in [1.54, 1.807) is 11.3 Å². The quantitative estimate of drug-likeness (QED) is 0.576. The number of para-hydroxylation sites is 1. The van der Waals surface area contributed by atoms with Gasteiger partial charge in [-0.05, 0) is 12.1 Å². The number of thiazole rings is 1. The summed E-state index contributed by atoms with van der Waals surface area (Å²) in [6.07, 6.45) is 0. The van der Waals surface area contributed by atoms with Gasteiger partial charge in [0.1, 0.15) is 12.9 Å². The lowest BCUT2D eigenvalue weighted by atomic mass is 9.95. The van der Waals surface area contributed by atoms with Gasteiger partial charge in [0, 0.05) is 5.56 Å². The van der Waals surface area contributed by atoms with Crippen molar-refractivity contribution in [3.63, 3.8) is 0 Å². The number of hydrogen-bond acceptors (Lipinski definition) is 2. The van der Waals surface area contributed by atoms with Gasteiger partial charge in [0.15, 0.2) is 0 Å². The molecule has 0 atom stereocenters. The molecule has 16 heavy (non-hydrogen) atoms. The smallest absolute Gasteiger partial charge is 0.139 e. The molecule has 1 aromatic heterocycles. The highest BCUT2D eigenvalue weighted by atomic mass is 32.1. The lowest BCUT2D eigenvalue weighted by Crippen LogP contribution is -1.98. The second-order valence-electron chi connectivity index (χ2n) is 3.85. The highest BCUT2D eigenvalue weighted by Gasteiger charge is 2.04. The predicted molar refractivity (Wildman–Crippen MR) is 73.2 cm³/mol. The van der Waals surface area contributed by atoms with Crippen LogP contribution in [-0.2, 0) is 0 Å². The van der Waals surface area contributed by atoms with E-state index >= 15 is 0 Å². The Morgan fingerprint density at radius 1 is 0.938 bits per heavy atom. The molecule has 0 radical (unpaired) electrons. The molecule has 0 N–H and O–H groups in total. The van der Waals surface area contributed by atoms with E-state index in [1.807, 2.05) is 6.07 Å². The van der Waals surface area contributed by atoms with E-state index in [9.17, 15) is 0 Å². The Kier molecular flexibility index (Phi) is 2.26. The first-order valence-corrected chi connectivity index (χ1v) is 6.07. The predicted octanol–water partition coefficient (Wildman–Crippen LogP) is 2.22. The number of hydrogen-bond donors (Lipinski definition) is 0. The van der Waals surface area contributed by atoms with E-state index in [0.29, 0.717) is 0 Å². The van der Waals surface area contributed by atoms with E-state index in [1.165, 1.54) is 15.7 Å². The highest BCUT2D eigenvalue weighted by Crippen LogP contribution is 2.29. The summed E-state index contributed by atoms with van der Waals surface area (Å²) in [5.74, 6) is 0. The maximum Gasteiger partial charge on any atom is 0.139 e. The number of aromatic nitrogens is 1. The first-order chi connectivity index (χ1) is 7.83. The third kappa shape index (κ3) is 1.63. The number of nitrogens with zero attached hydrogens (tertiary/aromatic N) is 1. The Hall–Kier alpha value is -1.61. The number of benzene rings is 2. The van der Waals surface area contributed by atoms with E-state index in [4.69, 9.17) is 0 Å². The zero-order valence-corrected chi connectivity index (χ0v) is 9.79. The molecule has 0 bridgehead atoms.